The van der Waals surface area contributed by atoms with Gasteiger partial charge < -0.3 is 15.0 Å². The zero-order valence-electron chi connectivity index (χ0n) is 15.7. The highest BCUT2D eigenvalue weighted by Gasteiger charge is 2.33. The lowest BCUT2D eigenvalue weighted by atomic mass is 10.1. The van der Waals surface area contributed by atoms with Gasteiger partial charge in [-0.05, 0) is 42.5 Å². The molecule has 0 aromatic heterocycles. The minimum absolute atomic E-state index is 0.0446. The van der Waals surface area contributed by atoms with Crippen LogP contribution >= 0.6 is 0 Å². The normalized spacial score (nSPS) is 16.2. The third kappa shape index (κ3) is 5.09. The maximum atomic E-state index is 12.7. The summed E-state index contributed by atoms with van der Waals surface area (Å²) in [6, 6.07) is 17.2. The molecular weight excluding hydrogens is 340 g/mol. The molecule has 2 amide bonds. The second kappa shape index (κ2) is 9.21. The van der Waals surface area contributed by atoms with E-state index in [2.05, 4.69) is 5.32 Å². The van der Waals surface area contributed by atoms with Crippen LogP contribution in [0.5, 0.6) is 5.75 Å². The molecule has 5 heteroatoms. The van der Waals surface area contributed by atoms with Crippen molar-refractivity contribution in [3.05, 3.63) is 65.7 Å². The van der Waals surface area contributed by atoms with Crippen LogP contribution in [0, 0.1) is 0 Å². The summed E-state index contributed by atoms with van der Waals surface area (Å²) in [5, 5.41) is 2.97. The quantitative estimate of drug-likeness (QED) is 0.820. The molecule has 0 spiro atoms. The lowest BCUT2D eigenvalue weighted by Gasteiger charge is -2.24. The van der Waals surface area contributed by atoms with Gasteiger partial charge in [0.15, 0.2) is 0 Å². The average molecular weight is 366 g/mol. The third-order valence-corrected chi connectivity index (χ3v) is 4.97. The van der Waals surface area contributed by atoms with E-state index < -0.39 is 0 Å². The van der Waals surface area contributed by atoms with Gasteiger partial charge in [0.1, 0.15) is 11.8 Å². The number of hydrogen-bond acceptors (Lipinski definition) is 3. The van der Waals surface area contributed by atoms with Crippen molar-refractivity contribution in [1.82, 2.24) is 10.2 Å². The molecule has 0 saturated carbocycles. The van der Waals surface area contributed by atoms with Crippen LogP contribution in [0.1, 0.15) is 30.4 Å². The first-order chi connectivity index (χ1) is 13.2. The molecule has 0 radical (unpaired) electrons. The minimum Gasteiger partial charge on any atom is -0.497 e. The van der Waals surface area contributed by atoms with Gasteiger partial charge in [0.2, 0.25) is 11.8 Å². The average Bonchev–Trinajstić information content (AvgIpc) is 3.21. The van der Waals surface area contributed by atoms with Gasteiger partial charge in [-0.1, -0.05) is 42.5 Å². The van der Waals surface area contributed by atoms with Crippen molar-refractivity contribution in [1.29, 1.82) is 0 Å². The second-order valence-electron chi connectivity index (χ2n) is 6.80. The highest BCUT2D eigenvalue weighted by Crippen LogP contribution is 2.20. The van der Waals surface area contributed by atoms with E-state index in [0.717, 1.165) is 29.7 Å². The Labute approximate surface area is 160 Å². The molecule has 0 aliphatic carbocycles. The number of rotatable bonds is 7. The van der Waals surface area contributed by atoms with E-state index in [9.17, 15) is 9.59 Å². The Morgan fingerprint density at radius 3 is 2.52 bits per heavy atom. The largest absolute Gasteiger partial charge is 0.497 e. The number of carbonyl (C=O) groups is 2. The van der Waals surface area contributed by atoms with Crippen LogP contribution in [0.25, 0.3) is 0 Å². The van der Waals surface area contributed by atoms with Crippen molar-refractivity contribution in [3.8, 4) is 5.75 Å². The highest BCUT2D eigenvalue weighted by molar-refractivity contribution is 5.88. The number of nitrogens with zero attached hydrogens (tertiary/aromatic N) is 1. The van der Waals surface area contributed by atoms with Crippen LogP contribution < -0.4 is 10.1 Å². The summed E-state index contributed by atoms with van der Waals surface area (Å²) < 4.78 is 5.15. The Hall–Kier alpha value is -2.82. The van der Waals surface area contributed by atoms with Crippen molar-refractivity contribution in [2.45, 2.75) is 38.3 Å². The maximum Gasteiger partial charge on any atom is 0.243 e. The molecule has 1 heterocycles. The number of methoxy groups -OCH3 is 1. The minimum atomic E-state index is -0.350. The van der Waals surface area contributed by atoms with Crippen molar-refractivity contribution in [2.75, 3.05) is 13.7 Å². The fourth-order valence-corrected chi connectivity index (χ4v) is 3.43. The van der Waals surface area contributed by atoms with E-state index in [4.69, 9.17) is 4.74 Å². The van der Waals surface area contributed by atoms with Gasteiger partial charge in [0.05, 0.1) is 7.11 Å². The lowest BCUT2D eigenvalue weighted by molar-refractivity contribution is -0.138. The molecule has 1 saturated heterocycles. The van der Waals surface area contributed by atoms with Gasteiger partial charge in [-0.25, -0.2) is 0 Å². The Bertz CT molecular complexity index is 759. The topological polar surface area (TPSA) is 58.6 Å². The van der Waals surface area contributed by atoms with E-state index in [0.29, 0.717) is 25.9 Å². The fraction of sp³-hybridized carbons (Fsp3) is 0.364. The summed E-state index contributed by atoms with van der Waals surface area (Å²) in [6.45, 7) is 1.15. The molecule has 5 nitrogen and oxygen atoms in total. The number of aryl methyl sites for hydroxylation is 1. The molecule has 1 fully saturated rings. The van der Waals surface area contributed by atoms with Crippen LogP contribution in [0.4, 0.5) is 0 Å². The Morgan fingerprint density at radius 1 is 1.07 bits per heavy atom. The predicted octanol–water partition coefficient (Wildman–Crippen LogP) is 2.94. The molecule has 3 rings (SSSR count). The number of amides is 2. The molecule has 0 bridgehead atoms. The first-order valence-corrected chi connectivity index (χ1v) is 9.41. The van der Waals surface area contributed by atoms with Crippen molar-refractivity contribution < 1.29 is 14.3 Å². The Morgan fingerprint density at radius 2 is 1.81 bits per heavy atom. The number of benzene rings is 2. The van der Waals surface area contributed by atoms with Gasteiger partial charge in [0, 0.05) is 19.5 Å². The maximum absolute atomic E-state index is 12.7. The van der Waals surface area contributed by atoms with Gasteiger partial charge in [-0.15, -0.1) is 0 Å². The predicted molar refractivity (Wildman–Crippen MR) is 104 cm³/mol. The standard InChI is InChI=1S/C22H26N2O3/c1-27-19-12-9-17(10-13-19)11-14-21(25)24-15-5-8-20(24)22(26)23-16-18-6-3-2-4-7-18/h2-4,6-7,9-10,12-13,20H,5,8,11,14-16H2,1H3,(H,23,26)/t20-/m1/s1. The summed E-state index contributed by atoms with van der Waals surface area (Å²) in [4.78, 5) is 27.0. The Balaban J connectivity index is 1.51. The molecule has 1 N–H and O–H groups in total. The van der Waals surface area contributed by atoms with E-state index in [1.54, 1.807) is 12.0 Å². The first-order valence-electron chi connectivity index (χ1n) is 9.41. The number of carbonyl (C=O) groups excluding carboxylic acids is 2. The number of likely N-dealkylation sites (tertiary alicyclic amines) is 1. The first kappa shape index (κ1) is 19.0. The lowest BCUT2D eigenvalue weighted by Crippen LogP contribution is -2.45. The summed E-state index contributed by atoms with van der Waals surface area (Å²) in [6.07, 6.45) is 2.68. The van der Waals surface area contributed by atoms with Crippen LogP contribution in [0.3, 0.4) is 0 Å². The van der Waals surface area contributed by atoms with Crippen molar-refractivity contribution in [2.24, 2.45) is 0 Å². The van der Waals surface area contributed by atoms with E-state index in [1.165, 1.54) is 0 Å². The van der Waals surface area contributed by atoms with Gasteiger partial charge in [-0.3, -0.25) is 9.59 Å². The summed E-state index contributed by atoms with van der Waals surface area (Å²) in [5.74, 6) is 0.789. The molecule has 27 heavy (non-hydrogen) atoms. The Kier molecular flexibility index (Phi) is 6.47. The summed E-state index contributed by atoms with van der Waals surface area (Å²) >= 11 is 0. The molecule has 1 aliphatic heterocycles. The third-order valence-electron chi connectivity index (χ3n) is 4.97. The molecule has 142 valence electrons. The molecule has 1 atom stereocenters. The molecule has 2 aromatic carbocycles. The molecule has 1 aliphatic rings. The number of hydrogen-bond donors (Lipinski definition) is 1. The van der Waals surface area contributed by atoms with Crippen LogP contribution in [0.2, 0.25) is 0 Å². The molecular formula is C22H26N2O3. The van der Waals surface area contributed by atoms with E-state index in [1.807, 2.05) is 54.6 Å². The van der Waals surface area contributed by atoms with Gasteiger partial charge in [0.25, 0.3) is 0 Å². The van der Waals surface area contributed by atoms with Crippen LogP contribution in [0.15, 0.2) is 54.6 Å². The summed E-state index contributed by atoms with van der Waals surface area (Å²) in [5.41, 5.74) is 2.15. The zero-order valence-corrected chi connectivity index (χ0v) is 15.7. The monoisotopic (exact) mass is 366 g/mol. The number of ether oxygens (including phenoxy) is 1. The van der Waals surface area contributed by atoms with Crippen LogP contribution in [-0.4, -0.2) is 36.4 Å². The fourth-order valence-electron chi connectivity index (χ4n) is 3.43. The second-order valence-corrected chi connectivity index (χ2v) is 6.80. The van der Waals surface area contributed by atoms with E-state index >= 15 is 0 Å². The molecule has 0 unspecified atom stereocenters. The zero-order chi connectivity index (χ0) is 19.1. The van der Waals surface area contributed by atoms with Crippen molar-refractivity contribution in [3.63, 3.8) is 0 Å². The molecule has 2 aromatic rings. The van der Waals surface area contributed by atoms with Gasteiger partial charge >= 0.3 is 0 Å². The van der Waals surface area contributed by atoms with Crippen molar-refractivity contribution >= 4 is 11.8 Å². The number of nitrogens with one attached hydrogen (secondary N) is 1. The summed E-state index contributed by atoms with van der Waals surface area (Å²) in [7, 11) is 1.63. The van der Waals surface area contributed by atoms with E-state index in [-0.39, 0.29) is 17.9 Å². The smallest absolute Gasteiger partial charge is 0.243 e. The van der Waals surface area contributed by atoms with Gasteiger partial charge in [-0.2, -0.15) is 0 Å². The SMILES string of the molecule is COc1ccc(CCC(=O)N2CCC[C@@H]2C(=O)NCc2ccccc2)cc1. The van der Waals surface area contributed by atoms with Crippen LogP contribution in [-0.2, 0) is 22.6 Å². The highest BCUT2D eigenvalue weighted by atomic mass is 16.5.